The highest BCUT2D eigenvalue weighted by molar-refractivity contribution is 5.45. The van der Waals surface area contributed by atoms with Gasteiger partial charge in [0, 0.05) is 13.1 Å². The van der Waals surface area contributed by atoms with E-state index in [0.717, 1.165) is 18.7 Å². The molecule has 2 rings (SSSR count). The molecule has 0 heterocycles. The molecule has 1 fully saturated rings. The third-order valence-corrected chi connectivity index (χ3v) is 3.37. The number of nitrogens with one attached hydrogen (secondary N) is 1. The van der Waals surface area contributed by atoms with Gasteiger partial charge < -0.3 is 10.1 Å². The molecule has 90 valence electrons. The highest BCUT2D eigenvalue weighted by Crippen LogP contribution is 2.44. The molecule has 1 aromatic carbocycles. The van der Waals surface area contributed by atoms with Gasteiger partial charge in [-0.25, -0.2) is 0 Å². The van der Waals surface area contributed by atoms with Crippen LogP contribution in [0.2, 0.25) is 0 Å². The van der Waals surface area contributed by atoms with Crippen molar-refractivity contribution in [3.8, 4) is 11.8 Å². The van der Waals surface area contributed by atoms with Gasteiger partial charge in [-0.2, -0.15) is 5.26 Å². The molecule has 3 nitrogen and oxygen atoms in total. The molecule has 1 aliphatic rings. The lowest BCUT2D eigenvalue weighted by atomic mass is 10.1. The molecule has 1 N–H and O–H groups in total. The number of nitrogens with zero attached hydrogens (tertiary/aromatic N) is 1. The molecule has 0 amide bonds. The summed E-state index contributed by atoms with van der Waals surface area (Å²) < 4.78 is 5.19. The molecule has 0 spiro atoms. The van der Waals surface area contributed by atoms with Gasteiger partial charge in [-0.3, -0.25) is 0 Å². The van der Waals surface area contributed by atoms with Crippen LogP contribution in [0.5, 0.6) is 5.75 Å². The lowest BCUT2D eigenvalue weighted by molar-refractivity contribution is 0.412. The molecule has 0 aromatic heterocycles. The zero-order valence-electron chi connectivity index (χ0n) is 10.4. The molecule has 0 aliphatic heterocycles. The minimum Gasteiger partial charge on any atom is -0.495 e. The number of hydrogen-bond acceptors (Lipinski definition) is 3. The molecule has 3 heteroatoms. The van der Waals surface area contributed by atoms with Crippen LogP contribution in [0.3, 0.4) is 0 Å². The summed E-state index contributed by atoms with van der Waals surface area (Å²) in [6.07, 6.45) is 2.66. The van der Waals surface area contributed by atoms with Crippen LogP contribution >= 0.6 is 0 Å². The summed E-state index contributed by atoms with van der Waals surface area (Å²) in [7, 11) is 1.60. The Bertz CT molecular complexity index is 444. The predicted molar refractivity (Wildman–Crippen MR) is 66.8 cm³/mol. The fraction of sp³-hybridized carbons (Fsp3) is 0.500. The first-order chi connectivity index (χ1) is 8.17. The number of methoxy groups -OCH3 is 1. The zero-order chi connectivity index (χ0) is 12.3. The Labute approximate surface area is 102 Å². The molecule has 0 bridgehead atoms. The van der Waals surface area contributed by atoms with Crippen molar-refractivity contribution in [2.75, 3.05) is 13.7 Å². The van der Waals surface area contributed by atoms with Gasteiger partial charge in [0.15, 0.2) is 0 Å². The number of hydrogen-bond donors (Lipinski definition) is 1. The topological polar surface area (TPSA) is 45.0 Å². The van der Waals surface area contributed by atoms with Gasteiger partial charge in [-0.1, -0.05) is 13.0 Å². The minimum atomic E-state index is 0.524. The summed E-state index contributed by atoms with van der Waals surface area (Å²) in [5, 5.41) is 12.3. The lowest BCUT2D eigenvalue weighted by Gasteiger charge is -2.11. The van der Waals surface area contributed by atoms with Crippen molar-refractivity contribution in [1.29, 1.82) is 5.26 Å². The summed E-state index contributed by atoms with van der Waals surface area (Å²) >= 11 is 0. The van der Waals surface area contributed by atoms with Crippen LogP contribution in [0.1, 0.15) is 30.9 Å². The summed E-state index contributed by atoms with van der Waals surface area (Å²) in [6, 6.07) is 7.84. The van der Waals surface area contributed by atoms with E-state index < -0.39 is 0 Å². The standard InChI is InChI=1S/C14H18N2O/c1-14(5-6-14)10-16-9-11-3-4-12(8-15)13(7-11)17-2/h3-4,7,16H,5-6,9-10H2,1-2H3. The SMILES string of the molecule is COc1cc(CNCC2(C)CC2)ccc1C#N. The highest BCUT2D eigenvalue weighted by atomic mass is 16.5. The molecule has 1 aromatic rings. The van der Waals surface area contributed by atoms with Crippen molar-refractivity contribution in [3.05, 3.63) is 29.3 Å². The Balaban J connectivity index is 1.94. The molecular formula is C14H18N2O. The van der Waals surface area contributed by atoms with Gasteiger partial charge in [0.25, 0.3) is 0 Å². The zero-order valence-corrected chi connectivity index (χ0v) is 10.4. The first-order valence-corrected chi connectivity index (χ1v) is 5.95. The van der Waals surface area contributed by atoms with Crippen LogP contribution in [0.25, 0.3) is 0 Å². The molecule has 0 atom stereocenters. The van der Waals surface area contributed by atoms with Gasteiger partial charge in [0.2, 0.25) is 0 Å². The smallest absolute Gasteiger partial charge is 0.136 e. The summed E-state index contributed by atoms with van der Waals surface area (Å²) in [4.78, 5) is 0. The normalized spacial score (nSPS) is 16.3. The van der Waals surface area contributed by atoms with Crippen molar-refractivity contribution in [2.24, 2.45) is 5.41 Å². The Kier molecular flexibility index (Phi) is 3.35. The maximum Gasteiger partial charge on any atom is 0.136 e. The van der Waals surface area contributed by atoms with E-state index in [1.165, 1.54) is 12.8 Å². The first kappa shape index (κ1) is 11.9. The average molecular weight is 230 g/mol. The molecule has 0 unspecified atom stereocenters. The molecule has 1 saturated carbocycles. The van der Waals surface area contributed by atoms with E-state index in [2.05, 4.69) is 18.3 Å². The second kappa shape index (κ2) is 4.77. The van der Waals surface area contributed by atoms with Crippen LogP contribution in [-0.2, 0) is 6.54 Å². The summed E-state index contributed by atoms with van der Waals surface area (Å²) in [5.41, 5.74) is 2.27. The van der Waals surface area contributed by atoms with Gasteiger partial charge >= 0.3 is 0 Å². The average Bonchev–Trinajstić information content (AvgIpc) is 3.07. The van der Waals surface area contributed by atoms with Gasteiger partial charge in [0.1, 0.15) is 11.8 Å². The Morgan fingerprint density at radius 3 is 2.82 bits per heavy atom. The minimum absolute atomic E-state index is 0.524. The molecule has 17 heavy (non-hydrogen) atoms. The van der Waals surface area contributed by atoms with E-state index in [1.807, 2.05) is 18.2 Å². The third kappa shape index (κ3) is 2.98. The van der Waals surface area contributed by atoms with Crippen molar-refractivity contribution in [2.45, 2.75) is 26.3 Å². The molecule has 0 saturated heterocycles. The van der Waals surface area contributed by atoms with E-state index in [-0.39, 0.29) is 0 Å². The van der Waals surface area contributed by atoms with Crippen LogP contribution in [0, 0.1) is 16.7 Å². The fourth-order valence-electron chi connectivity index (χ4n) is 1.84. The molecular weight excluding hydrogens is 212 g/mol. The molecule has 0 radical (unpaired) electrons. The van der Waals surface area contributed by atoms with E-state index >= 15 is 0 Å². The van der Waals surface area contributed by atoms with Gasteiger partial charge in [-0.15, -0.1) is 0 Å². The van der Waals surface area contributed by atoms with Crippen LogP contribution in [0.15, 0.2) is 18.2 Å². The van der Waals surface area contributed by atoms with Crippen LogP contribution < -0.4 is 10.1 Å². The number of nitriles is 1. The number of rotatable bonds is 5. The third-order valence-electron chi connectivity index (χ3n) is 3.37. The number of ether oxygens (including phenoxy) is 1. The Morgan fingerprint density at radius 1 is 1.47 bits per heavy atom. The van der Waals surface area contributed by atoms with Crippen molar-refractivity contribution in [3.63, 3.8) is 0 Å². The maximum atomic E-state index is 8.89. The quantitative estimate of drug-likeness (QED) is 0.845. The fourth-order valence-corrected chi connectivity index (χ4v) is 1.84. The van der Waals surface area contributed by atoms with Crippen molar-refractivity contribution < 1.29 is 4.74 Å². The van der Waals surface area contributed by atoms with Gasteiger partial charge in [0.05, 0.1) is 12.7 Å². The summed E-state index contributed by atoms with van der Waals surface area (Å²) in [6.45, 7) is 4.20. The highest BCUT2D eigenvalue weighted by Gasteiger charge is 2.36. The second-order valence-electron chi connectivity index (χ2n) is 5.06. The van der Waals surface area contributed by atoms with E-state index in [1.54, 1.807) is 7.11 Å². The van der Waals surface area contributed by atoms with E-state index in [4.69, 9.17) is 10.00 Å². The van der Waals surface area contributed by atoms with Crippen LogP contribution in [-0.4, -0.2) is 13.7 Å². The second-order valence-corrected chi connectivity index (χ2v) is 5.06. The lowest BCUT2D eigenvalue weighted by Crippen LogP contribution is -2.21. The summed E-state index contributed by atoms with van der Waals surface area (Å²) in [5.74, 6) is 0.657. The predicted octanol–water partition coefficient (Wildman–Crippen LogP) is 2.46. The largest absolute Gasteiger partial charge is 0.495 e. The Morgan fingerprint density at radius 2 is 2.24 bits per heavy atom. The van der Waals surface area contributed by atoms with Gasteiger partial charge in [-0.05, 0) is 36.0 Å². The molecule has 1 aliphatic carbocycles. The van der Waals surface area contributed by atoms with E-state index in [9.17, 15) is 0 Å². The first-order valence-electron chi connectivity index (χ1n) is 5.95. The van der Waals surface area contributed by atoms with Crippen molar-refractivity contribution in [1.82, 2.24) is 5.32 Å². The van der Waals surface area contributed by atoms with Crippen molar-refractivity contribution >= 4 is 0 Å². The Hall–Kier alpha value is -1.53. The van der Waals surface area contributed by atoms with E-state index in [0.29, 0.717) is 16.7 Å². The monoisotopic (exact) mass is 230 g/mol. The van der Waals surface area contributed by atoms with Crippen LogP contribution in [0.4, 0.5) is 0 Å². The number of benzene rings is 1. The maximum absolute atomic E-state index is 8.89.